The van der Waals surface area contributed by atoms with Crippen molar-refractivity contribution in [1.82, 2.24) is 24.2 Å². The molecule has 4 aromatic rings. The summed E-state index contributed by atoms with van der Waals surface area (Å²) in [6.45, 7) is 10.8. The van der Waals surface area contributed by atoms with Crippen LogP contribution in [0, 0.1) is 11.3 Å². The Morgan fingerprint density at radius 2 is 1.95 bits per heavy atom. The minimum atomic E-state index is -0.0537. The highest BCUT2D eigenvalue weighted by Gasteiger charge is 2.36. The number of aryl methyl sites for hydroxylation is 2. The molecule has 0 amide bonds. The van der Waals surface area contributed by atoms with Crippen LogP contribution in [0.15, 0.2) is 35.3 Å². The van der Waals surface area contributed by atoms with E-state index in [1.165, 1.54) is 15.3 Å². The van der Waals surface area contributed by atoms with Gasteiger partial charge in [0.05, 0.1) is 38.7 Å². The maximum absolute atomic E-state index is 12.9. The summed E-state index contributed by atoms with van der Waals surface area (Å²) >= 11 is 1.80. The van der Waals surface area contributed by atoms with E-state index in [0.29, 0.717) is 6.04 Å². The molecular weight excluding hydrogens is 482 g/mol. The zero-order valence-corrected chi connectivity index (χ0v) is 23.1. The van der Waals surface area contributed by atoms with Crippen LogP contribution in [-0.4, -0.2) is 49.4 Å². The highest BCUT2D eigenvalue weighted by atomic mass is 32.1. The zero-order valence-electron chi connectivity index (χ0n) is 22.3. The number of pyridine rings is 1. The largest absolute Gasteiger partial charge is 0.364 e. The summed E-state index contributed by atoms with van der Waals surface area (Å²) in [4.78, 5) is 22.7. The number of fused-ring (bicyclic) bond motifs is 2. The second kappa shape index (κ2) is 10.3. The average Bonchev–Trinajstić information content (AvgIpc) is 3.53. The number of piperazine rings is 1. The predicted molar refractivity (Wildman–Crippen MR) is 150 cm³/mol. The summed E-state index contributed by atoms with van der Waals surface area (Å²) in [6, 6.07) is 11.5. The van der Waals surface area contributed by atoms with Gasteiger partial charge in [0, 0.05) is 44.3 Å². The molecule has 1 fully saturated rings. The second-order valence-electron chi connectivity index (χ2n) is 9.98. The Kier molecular flexibility index (Phi) is 7.06. The van der Waals surface area contributed by atoms with Gasteiger partial charge in [-0.2, -0.15) is 10.4 Å². The van der Waals surface area contributed by atoms with E-state index in [1.54, 1.807) is 39.9 Å². The van der Waals surface area contributed by atoms with Gasteiger partial charge in [-0.1, -0.05) is 26.8 Å². The SMILES string of the molecule is CCc1nc2ccc([C@@H](C)N3C[C@H](CC)N(c4cc(=O)n(C)c5cn(CC#N)nc45)C[C@H]3CC)cc2s1. The van der Waals surface area contributed by atoms with Gasteiger partial charge in [0.2, 0.25) is 0 Å². The highest BCUT2D eigenvalue weighted by Crippen LogP contribution is 2.35. The standard InChI is InChI=1S/C28H35N7OS/c1-6-20-16-35(23-14-27(36)32(5)24-17-33(12-11-29)31-28(23)24)21(7-2)15-34(20)18(4)19-9-10-22-25(13-19)37-26(8-3)30-22/h9-10,13-14,17-18,20-21H,6-8,12,15-16H2,1-5H3/t18-,20-,21+/m1/s1. The number of nitrogens with zero attached hydrogens (tertiary/aromatic N) is 7. The van der Waals surface area contributed by atoms with Crippen LogP contribution in [0.25, 0.3) is 21.3 Å². The van der Waals surface area contributed by atoms with E-state index in [9.17, 15) is 10.1 Å². The summed E-state index contributed by atoms with van der Waals surface area (Å²) in [5.74, 6) is 0. The first-order valence-electron chi connectivity index (χ1n) is 13.2. The molecule has 1 aromatic carbocycles. The molecule has 1 aliphatic heterocycles. The molecule has 0 saturated carbocycles. The van der Waals surface area contributed by atoms with Crippen LogP contribution in [-0.2, 0) is 20.0 Å². The van der Waals surface area contributed by atoms with E-state index in [-0.39, 0.29) is 24.2 Å². The third-order valence-electron chi connectivity index (χ3n) is 7.90. The van der Waals surface area contributed by atoms with E-state index < -0.39 is 0 Å². The number of anilines is 1. The number of nitriles is 1. The van der Waals surface area contributed by atoms with Gasteiger partial charge in [0.1, 0.15) is 12.1 Å². The van der Waals surface area contributed by atoms with Crippen molar-refractivity contribution in [2.75, 3.05) is 18.0 Å². The molecule has 194 valence electrons. The molecule has 9 heteroatoms. The van der Waals surface area contributed by atoms with E-state index >= 15 is 0 Å². The van der Waals surface area contributed by atoms with Gasteiger partial charge >= 0.3 is 0 Å². The molecule has 0 unspecified atom stereocenters. The van der Waals surface area contributed by atoms with Crippen LogP contribution in [0.4, 0.5) is 5.69 Å². The first kappa shape index (κ1) is 25.4. The minimum absolute atomic E-state index is 0.0537. The van der Waals surface area contributed by atoms with Gasteiger partial charge in [0.25, 0.3) is 5.56 Å². The Morgan fingerprint density at radius 1 is 1.16 bits per heavy atom. The van der Waals surface area contributed by atoms with E-state index in [2.05, 4.69) is 61.8 Å². The monoisotopic (exact) mass is 517 g/mol. The van der Waals surface area contributed by atoms with Crippen LogP contribution < -0.4 is 10.5 Å². The van der Waals surface area contributed by atoms with Crippen molar-refractivity contribution in [2.45, 2.75) is 71.6 Å². The van der Waals surface area contributed by atoms with Gasteiger partial charge in [-0.25, -0.2) is 4.98 Å². The fraction of sp³-hybridized carbons (Fsp3) is 0.500. The molecule has 5 rings (SSSR count). The summed E-state index contributed by atoms with van der Waals surface area (Å²) < 4.78 is 4.51. The lowest BCUT2D eigenvalue weighted by atomic mass is 9.96. The quantitative estimate of drug-likeness (QED) is 0.348. The highest BCUT2D eigenvalue weighted by molar-refractivity contribution is 7.18. The number of thiazole rings is 1. The second-order valence-corrected chi connectivity index (χ2v) is 11.1. The maximum atomic E-state index is 12.9. The lowest BCUT2D eigenvalue weighted by Gasteiger charge is -2.49. The van der Waals surface area contributed by atoms with Crippen molar-refractivity contribution in [1.29, 1.82) is 5.26 Å². The Labute approximate surface area is 221 Å². The number of hydrogen-bond donors (Lipinski definition) is 0. The molecule has 3 aromatic heterocycles. The molecule has 0 bridgehead atoms. The predicted octanol–water partition coefficient (Wildman–Crippen LogP) is 4.87. The molecule has 0 spiro atoms. The number of rotatable bonds is 7. The number of hydrogen-bond acceptors (Lipinski definition) is 7. The average molecular weight is 518 g/mol. The Bertz CT molecular complexity index is 1530. The van der Waals surface area contributed by atoms with E-state index in [4.69, 9.17) is 10.1 Å². The normalized spacial score (nSPS) is 19.5. The van der Waals surface area contributed by atoms with Crippen molar-refractivity contribution in [3.8, 4) is 6.07 Å². The molecule has 1 aliphatic rings. The summed E-state index contributed by atoms with van der Waals surface area (Å²) in [5.41, 5.74) is 4.79. The third-order valence-corrected chi connectivity index (χ3v) is 9.06. The summed E-state index contributed by atoms with van der Waals surface area (Å²) in [6.07, 6.45) is 4.74. The van der Waals surface area contributed by atoms with Gasteiger partial charge in [0.15, 0.2) is 0 Å². The molecule has 0 aliphatic carbocycles. The molecular formula is C28H35N7OS. The fourth-order valence-electron chi connectivity index (χ4n) is 5.66. The molecule has 4 heterocycles. The van der Waals surface area contributed by atoms with Gasteiger partial charge < -0.3 is 9.47 Å². The van der Waals surface area contributed by atoms with E-state index in [0.717, 1.165) is 54.6 Å². The Morgan fingerprint density at radius 3 is 2.65 bits per heavy atom. The fourth-order valence-corrected chi connectivity index (χ4v) is 6.61. The Balaban J connectivity index is 1.49. The lowest BCUT2D eigenvalue weighted by Crippen LogP contribution is -2.58. The maximum Gasteiger partial charge on any atom is 0.252 e. The molecule has 37 heavy (non-hydrogen) atoms. The molecule has 3 atom stereocenters. The summed E-state index contributed by atoms with van der Waals surface area (Å²) in [7, 11) is 1.77. The topological polar surface area (TPSA) is 83.0 Å². The van der Waals surface area contributed by atoms with Crippen LogP contribution >= 0.6 is 11.3 Å². The summed E-state index contributed by atoms with van der Waals surface area (Å²) in [5, 5.41) is 15.1. The number of aromatic nitrogens is 4. The molecule has 0 N–H and O–H groups in total. The van der Waals surface area contributed by atoms with Crippen molar-refractivity contribution < 1.29 is 0 Å². The first-order valence-corrected chi connectivity index (χ1v) is 14.1. The van der Waals surface area contributed by atoms with Crippen molar-refractivity contribution in [3.63, 3.8) is 0 Å². The van der Waals surface area contributed by atoms with Crippen molar-refractivity contribution in [2.24, 2.45) is 7.05 Å². The van der Waals surface area contributed by atoms with Gasteiger partial charge in [-0.15, -0.1) is 11.3 Å². The minimum Gasteiger partial charge on any atom is -0.364 e. The zero-order chi connectivity index (χ0) is 26.3. The third kappa shape index (κ3) is 4.53. The molecule has 1 saturated heterocycles. The van der Waals surface area contributed by atoms with Gasteiger partial charge in [-0.3, -0.25) is 14.4 Å². The van der Waals surface area contributed by atoms with Crippen LogP contribution in [0.5, 0.6) is 0 Å². The first-order chi connectivity index (χ1) is 17.9. The van der Waals surface area contributed by atoms with Gasteiger partial charge in [-0.05, 0) is 43.9 Å². The van der Waals surface area contributed by atoms with Crippen LogP contribution in [0.2, 0.25) is 0 Å². The lowest BCUT2D eigenvalue weighted by molar-refractivity contribution is 0.101. The van der Waals surface area contributed by atoms with Crippen LogP contribution in [0.1, 0.15) is 57.1 Å². The smallest absolute Gasteiger partial charge is 0.252 e. The van der Waals surface area contributed by atoms with Crippen molar-refractivity contribution in [3.05, 3.63) is 51.4 Å². The van der Waals surface area contributed by atoms with Crippen LogP contribution in [0.3, 0.4) is 0 Å². The number of benzene rings is 1. The molecule has 0 radical (unpaired) electrons. The Hall–Kier alpha value is -3.22. The van der Waals surface area contributed by atoms with Crippen molar-refractivity contribution >= 4 is 38.3 Å². The molecule has 8 nitrogen and oxygen atoms in total. The van der Waals surface area contributed by atoms with E-state index in [1.807, 2.05) is 0 Å².